The second-order valence-corrected chi connectivity index (χ2v) is 5.74. The van der Waals surface area contributed by atoms with Gasteiger partial charge in [0.15, 0.2) is 0 Å². The molecule has 1 aliphatic carbocycles. The van der Waals surface area contributed by atoms with Crippen LogP contribution in [0.25, 0.3) is 0 Å². The molecule has 0 spiro atoms. The van der Waals surface area contributed by atoms with Gasteiger partial charge in [-0.1, -0.05) is 31.7 Å². The number of benzene rings is 1. The molecule has 0 saturated heterocycles. The lowest BCUT2D eigenvalue weighted by molar-refractivity contribution is 0.0855. The Balaban J connectivity index is 1.79. The molecule has 106 valence electrons. The van der Waals surface area contributed by atoms with Crippen molar-refractivity contribution in [3.05, 3.63) is 24.3 Å². The number of aliphatic hydroxyl groups excluding tert-OH is 1. The van der Waals surface area contributed by atoms with E-state index in [2.05, 4.69) is 0 Å². The molecule has 0 radical (unpaired) electrons. The highest BCUT2D eigenvalue weighted by Crippen LogP contribution is 2.28. The Hall–Kier alpha value is -1.22. The van der Waals surface area contributed by atoms with Crippen molar-refractivity contribution in [3.8, 4) is 5.75 Å². The van der Waals surface area contributed by atoms with E-state index in [1.54, 1.807) is 0 Å². The van der Waals surface area contributed by atoms with Gasteiger partial charge in [0, 0.05) is 25.8 Å². The quantitative estimate of drug-likeness (QED) is 0.856. The molecule has 0 bridgehead atoms. The molecular weight excluding hydrogens is 238 g/mol. The monoisotopic (exact) mass is 263 g/mol. The molecule has 0 aliphatic heterocycles. The molecule has 1 fully saturated rings. The third kappa shape index (κ3) is 4.43. The van der Waals surface area contributed by atoms with Gasteiger partial charge in [0.1, 0.15) is 12.4 Å². The maximum atomic E-state index is 10.0. The largest absolute Gasteiger partial charge is 0.491 e. The van der Waals surface area contributed by atoms with Crippen LogP contribution in [-0.4, -0.2) is 31.9 Å². The standard InChI is InChI=1S/C16H25NO2/c1-17(2)14-8-5-9-16(11-14)19-12-15(18)10-13-6-3-4-7-13/h5,8-9,11,13,15,18H,3-4,6-7,10,12H2,1-2H3. The molecule has 1 aliphatic rings. The highest BCUT2D eigenvalue weighted by Gasteiger charge is 2.19. The van der Waals surface area contributed by atoms with Crippen molar-refractivity contribution in [1.82, 2.24) is 0 Å². The molecule has 1 aromatic rings. The Bertz CT molecular complexity index is 386. The van der Waals surface area contributed by atoms with E-state index in [0.717, 1.165) is 17.9 Å². The molecule has 1 atom stereocenters. The molecule has 2 rings (SSSR count). The van der Waals surface area contributed by atoms with Crippen molar-refractivity contribution in [2.45, 2.75) is 38.2 Å². The minimum absolute atomic E-state index is 0.342. The van der Waals surface area contributed by atoms with Crippen LogP contribution >= 0.6 is 0 Å². The number of hydrogen-bond acceptors (Lipinski definition) is 3. The van der Waals surface area contributed by atoms with Crippen LogP contribution in [0, 0.1) is 5.92 Å². The van der Waals surface area contributed by atoms with E-state index in [4.69, 9.17) is 4.74 Å². The first-order chi connectivity index (χ1) is 9.15. The van der Waals surface area contributed by atoms with Crippen LogP contribution in [-0.2, 0) is 0 Å². The SMILES string of the molecule is CN(C)c1cccc(OCC(O)CC2CCCC2)c1. The Morgan fingerprint density at radius 2 is 2.05 bits per heavy atom. The third-order valence-corrected chi connectivity index (χ3v) is 3.86. The highest BCUT2D eigenvalue weighted by molar-refractivity contribution is 5.49. The van der Waals surface area contributed by atoms with E-state index in [1.807, 2.05) is 43.3 Å². The van der Waals surface area contributed by atoms with Crippen molar-refractivity contribution in [3.63, 3.8) is 0 Å². The number of nitrogens with zero attached hydrogens (tertiary/aromatic N) is 1. The van der Waals surface area contributed by atoms with Gasteiger partial charge in [-0.3, -0.25) is 0 Å². The zero-order valence-electron chi connectivity index (χ0n) is 12.0. The van der Waals surface area contributed by atoms with Gasteiger partial charge in [-0.25, -0.2) is 0 Å². The highest BCUT2D eigenvalue weighted by atomic mass is 16.5. The Morgan fingerprint density at radius 1 is 1.32 bits per heavy atom. The molecule has 1 saturated carbocycles. The van der Waals surface area contributed by atoms with Crippen molar-refractivity contribution >= 4 is 5.69 Å². The average molecular weight is 263 g/mol. The summed E-state index contributed by atoms with van der Waals surface area (Å²) in [6.07, 6.45) is 5.73. The van der Waals surface area contributed by atoms with E-state index in [9.17, 15) is 5.11 Å². The van der Waals surface area contributed by atoms with Crippen molar-refractivity contribution < 1.29 is 9.84 Å². The van der Waals surface area contributed by atoms with Crippen LogP contribution in [0.4, 0.5) is 5.69 Å². The molecule has 1 N–H and O–H groups in total. The van der Waals surface area contributed by atoms with E-state index in [-0.39, 0.29) is 6.10 Å². The Kier molecular flexibility index (Phi) is 5.08. The average Bonchev–Trinajstić information content (AvgIpc) is 2.89. The molecule has 1 aromatic carbocycles. The lowest BCUT2D eigenvalue weighted by Crippen LogP contribution is -2.20. The van der Waals surface area contributed by atoms with E-state index in [0.29, 0.717) is 12.5 Å². The number of ether oxygens (including phenoxy) is 1. The normalized spacial score (nSPS) is 17.4. The fraction of sp³-hybridized carbons (Fsp3) is 0.625. The summed E-state index contributed by atoms with van der Waals surface area (Å²) in [5.41, 5.74) is 1.11. The van der Waals surface area contributed by atoms with Crippen LogP contribution in [0.5, 0.6) is 5.75 Å². The summed E-state index contributed by atoms with van der Waals surface area (Å²) in [6.45, 7) is 0.396. The van der Waals surface area contributed by atoms with E-state index >= 15 is 0 Å². The van der Waals surface area contributed by atoms with Crippen LogP contribution in [0.2, 0.25) is 0 Å². The second-order valence-electron chi connectivity index (χ2n) is 5.74. The Morgan fingerprint density at radius 3 is 2.74 bits per heavy atom. The summed E-state index contributed by atoms with van der Waals surface area (Å²) >= 11 is 0. The maximum Gasteiger partial charge on any atom is 0.121 e. The van der Waals surface area contributed by atoms with Crippen LogP contribution in [0.1, 0.15) is 32.1 Å². The lowest BCUT2D eigenvalue weighted by Gasteiger charge is -2.17. The van der Waals surface area contributed by atoms with Gasteiger partial charge in [0.2, 0.25) is 0 Å². The summed E-state index contributed by atoms with van der Waals surface area (Å²) < 4.78 is 5.69. The fourth-order valence-electron chi connectivity index (χ4n) is 2.74. The molecule has 3 nitrogen and oxygen atoms in total. The first-order valence-electron chi connectivity index (χ1n) is 7.23. The molecule has 0 aromatic heterocycles. The zero-order chi connectivity index (χ0) is 13.7. The first kappa shape index (κ1) is 14.2. The van der Waals surface area contributed by atoms with Crippen LogP contribution in [0.3, 0.4) is 0 Å². The van der Waals surface area contributed by atoms with Crippen molar-refractivity contribution in [1.29, 1.82) is 0 Å². The number of rotatable bonds is 6. The fourth-order valence-corrected chi connectivity index (χ4v) is 2.74. The molecule has 0 amide bonds. The topological polar surface area (TPSA) is 32.7 Å². The second kappa shape index (κ2) is 6.80. The Labute approximate surface area is 116 Å². The van der Waals surface area contributed by atoms with Gasteiger partial charge in [0.25, 0.3) is 0 Å². The molecule has 0 heterocycles. The minimum Gasteiger partial charge on any atom is -0.491 e. The van der Waals surface area contributed by atoms with Gasteiger partial charge in [-0.15, -0.1) is 0 Å². The van der Waals surface area contributed by atoms with Gasteiger partial charge >= 0.3 is 0 Å². The number of aliphatic hydroxyl groups is 1. The smallest absolute Gasteiger partial charge is 0.121 e. The van der Waals surface area contributed by atoms with Crippen molar-refractivity contribution in [2.24, 2.45) is 5.92 Å². The molecule has 1 unspecified atom stereocenters. The van der Waals surface area contributed by atoms with Gasteiger partial charge < -0.3 is 14.7 Å². The summed E-state index contributed by atoms with van der Waals surface area (Å²) in [4.78, 5) is 2.04. The number of anilines is 1. The maximum absolute atomic E-state index is 10.0. The summed E-state index contributed by atoms with van der Waals surface area (Å²) in [6, 6.07) is 7.97. The van der Waals surface area contributed by atoms with Crippen LogP contribution < -0.4 is 9.64 Å². The molecular formula is C16H25NO2. The number of hydrogen-bond donors (Lipinski definition) is 1. The predicted molar refractivity (Wildman–Crippen MR) is 78.8 cm³/mol. The summed E-state index contributed by atoms with van der Waals surface area (Å²) in [5.74, 6) is 1.53. The van der Waals surface area contributed by atoms with Crippen LogP contribution in [0.15, 0.2) is 24.3 Å². The van der Waals surface area contributed by atoms with Gasteiger partial charge in [-0.05, 0) is 24.5 Å². The molecule has 19 heavy (non-hydrogen) atoms. The third-order valence-electron chi connectivity index (χ3n) is 3.86. The van der Waals surface area contributed by atoms with E-state index in [1.165, 1.54) is 25.7 Å². The summed E-state index contributed by atoms with van der Waals surface area (Å²) in [7, 11) is 4.02. The van der Waals surface area contributed by atoms with Gasteiger partial charge in [0.05, 0.1) is 6.10 Å². The first-order valence-corrected chi connectivity index (χ1v) is 7.23. The lowest BCUT2D eigenvalue weighted by atomic mass is 10.0. The predicted octanol–water partition coefficient (Wildman–Crippen LogP) is 3.07. The van der Waals surface area contributed by atoms with E-state index < -0.39 is 0 Å². The van der Waals surface area contributed by atoms with Crippen molar-refractivity contribution in [2.75, 3.05) is 25.6 Å². The summed E-state index contributed by atoms with van der Waals surface area (Å²) in [5, 5.41) is 10.0. The molecule has 3 heteroatoms. The van der Waals surface area contributed by atoms with Gasteiger partial charge in [-0.2, -0.15) is 0 Å². The minimum atomic E-state index is -0.342. The zero-order valence-corrected chi connectivity index (χ0v) is 12.0.